The van der Waals surface area contributed by atoms with E-state index in [4.69, 9.17) is 9.72 Å². The first kappa shape index (κ1) is 29.3. The summed E-state index contributed by atoms with van der Waals surface area (Å²) in [4.78, 5) is 9.36. The SMILES string of the molecule is Cc1cccc(C)c1-n1cnc(-c2[c-]c(Oc3[c-]c(-c4cn(-c5c(C)cccc5C(C)C)cn4)ccc3)ccc2)c1.[Pt+2]. The second-order valence-electron chi connectivity index (χ2n) is 10.7. The summed E-state index contributed by atoms with van der Waals surface area (Å²) in [5.74, 6) is 1.61. The first-order valence-electron chi connectivity index (χ1n) is 13.8. The maximum atomic E-state index is 6.21. The van der Waals surface area contributed by atoms with E-state index < -0.39 is 0 Å². The van der Waals surface area contributed by atoms with Crippen LogP contribution in [0.1, 0.15) is 42.0 Å². The standard InChI is InChI=1S/C36H32N4O.Pt/c1-24(2)32-17-7-12-27(5)36(32)40-21-34(38-23-40)29-14-9-16-31(19-29)41-30-15-8-13-28(18-30)33-20-39(22-37-33)35-25(3)10-6-11-26(35)4;/h6-17,20-24H,1-5H3;/q-2;+2. The normalized spacial score (nSPS) is 11.0. The molecule has 0 saturated carbocycles. The molecule has 2 aromatic heterocycles. The van der Waals surface area contributed by atoms with Gasteiger partial charge in [-0.1, -0.05) is 62.4 Å². The van der Waals surface area contributed by atoms with Gasteiger partial charge >= 0.3 is 21.1 Å². The topological polar surface area (TPSA) is 44.9 Å². The quantitative estimate of drug-likeness (QED) is 0.154. The Morgan fingerprint density at radius 1 is 0.619 bits per heavy atom. The van der Waals surface area contributed by atoms with Crippen LogP contribution in [0.3, 0.4) is 0 Å². The largest absolute Gasteiger partial charge is 2.00 e. The van der Waals surface area contributed by atoms with E-state index in [1.165, 1.54) is 27.9 Å². The summed E-state index contributed by atoms with van der Waals surface area (Å²) in [5.41, 5.74) is 10.6. The third-order valence-corrected chi connectivity index (χ3v) is 7.32. The monoisotopic (exact) mass is 731 g/mol. The minimum Gasteiger partial charge on any atom is -0.497 e. The molecule has 0 spiro atoms. The van der Waals surface area contributed by atoms with Crippen molar-refractivity contribution in [2.75, 3.05) is 0 Å². The van der Waals surface area contributed by atoms with E-state index in [0.717, 1.165) is 28.2 Å². The minimum absolute atomic E-state index is 0. The Morgan fingerprint density at radius 2 is 1.07 bits per heavy atom. The van der Waals surface area contributed by atoms with Crippen LogP contribution in [0.25, 0.3) is 33.9 Å². The smallest absolute Gasteiger partial charge is 0.497 e. The number of nitrogens with zero attached hydrogens (tertiary/aromatic N) is 4. The van der Waals surface area contributed by atoms with Crippen LogP contribution < -0.4 is 4.74 Å². The van der Waals surface area contributed by atoms with Crippen molar-refractivity contribution in [2.24, 2.45) is 0 Å². The van der Waals surface area contributed by atoms with Crippen molar-refractivity contribution >= 4 is 0 Å². The predicted molar refractivity (Wildman–Crippen MR) is 164 cm³/mol. The Bertz CT molecular complexity index is 1830. The molecule has 6 rings (SSSR count). The van der Waals surface area contributed by atoms with Crippen molar-refractivity contribution in [1.29, 1.82) is 0 Å². The van der Waals surface area contributed by atoms with Crippen molar-refractivity contribution in [3.63, 3.8) is 0 Å². The number of para-hydroxylation sites is 2. The van der Waals surface area contributed by atoms with Crippen LogP contribution in [0.5, 0.6) is 11.5 Å². The van der Waals surface area contributed by atoms with Gasteiger partial charge in [-0.3, -0.25) is 9.97 Å². The fourth-order valence-electron chi connectivity index (χ4n) is 5.31. The minimum atomic E-state index is 0. The number of rotatable bonds is 7. The molecule has 0 saturated heterocycles. The molecule has 6 heteroatoms. The van der Waals surface area contributed by atoms with Crippen LogP contribution in [-0.2, 0) is 21.1 Å². The summed E-state index contributed by atoms with van der Waals surface area (Å²) in [6.45, 7) is 10.8. The molecular weight excluding hydrogens is 700 g/mol. The third-order valence-electron chi connectivity index (χ3n) is 7.32. The molecule has 0 bridgehead atoms. The molecule has 0 fully saturated rings. The van der Waals surface area contributed by atoms with E-state index in [1.807, 2.05) is 55.2 Å². The van der Waals surface area contributed by atoms with E-state index in [9.17, 15) is 0 Å². The molecule has 0 amide bonds. The summed E-state index contributed by atoms with van der Waals surface area (Å²) >= 11 is 0. The van der Waals surface area contributed by atoms with Gasteiger partial charge in [-0.05, 0) is 61.3 Å². The molecule has 0 atom stereocenters. The van der Waals surface area contributed by atoms with Gasteiger partial charge in [0.1, 0.15) is 0 Å². The number of ether oxygens (including phenoxy) is 1. The Balaban J connectivity index is 0.00000353. The van der Waals surface area contributed by atoms with Gasteiger partial charge in [-0.2, -0.15) is 0 Å². The van der Waals surface area contributed by atoms with E-state index in [0.29, 0.717) is 17.4 Å². The van der Waals surface area contributed by atoms with Crippen LogP contribution in [0.2, 0.25) is 0 Å². The van der Waals surface area contributed by atoms with Gasteiger partial charge in [-0.25, -0.2) is 0 Å². The van der Waals surface area contributed by atoms with Crippen LogP contribution in [0, 0.1) is 32.9 Å². The molecule has 0 aliphatic carbocycles. The summed E-state index contributed by atoms with van der Waals surface area (Å²) in [7, 11) is 0. The molecule has 0 unspecified atom stereocenters. The van der Waals surface area contributed by atoms with Gasteiger partial charge in [0.25, 0.3) is 0 Å². The van der Waals surface area contributed by atoms with E-state index in [1.54, 1.807) is 0 Å². The Kier molecular flexibility index (Phi) is 8.61. The molecule has 0 aliphatic rings. The van der Waals surface area contributed by atoms with Gasteiger partial charge in [0.05, 0.1) is 24.0 Å². The molecule has 0 aliphatic heterocycles. The van der Waals surface area contributed by atoms with Crippen molar-refractivity contribution in [3.05, 3.63) is 132 Å². The van der Waals surface area contributed by atoms with E-state index in [2.05, 4.69) is 103 Å². The first-order valence-corrected chi connectivity index (χ1v) is 13.8. The van der Waals surface area contributed by atoms with Crippen LogP contribution in [0.15, 0.2) is 97.8 Å². The second-order valence-corrected chi connectivity index (χ2v) is 10.7. The molecule has 5 nitrogen and oxygen atoms in total. The average molecular weight is 732 g/mol. The zero-order valence-corrected chi connectivity index (χ0v) is 26.6. The molecular formula is C36H32N4OPt. The first-order chi connectivity index (χ1) is 19.9. The van der Waals surface area contributed by atoms with Gasteiger partial charge in [0.2, 0.25) is 0 Å². The van der Waals surface area contributed by atoms with Gasteiger partial charge in [0.15, 0.2) is 0 Å². The van der Waals surface area contributed by atoms with E-state index in [-0.39, 0.29) is 21.1 Å². The fourth-order valence-corrected chi connectivity index (χ4v) is 5.31. The number of aryl methyl sites for hydroxylation is 3. The molecule has 6 aromatic rings. The van der Waals surface area contributed by atoms with Crippen LogP contribution in [0.4, 0.5) is 0 Å². The molecule has 212 valence electrons. The summed E-state index contributed by atoms with van der Waals surface area (Å²) in [6, 6.07) is 31.2. The predicted octanol–water partition coefficient (Wildman–Crippen LogP) is 8.83. The summed E-state index contributed by atoms with van der Waals surface area (Å²) in [5, 5.41) is 0. The van der Waals surface area contributed by atoms with Gasteiger partial charge < -0.3 is 13.9 Å². The maximum Gasteiger partial charge on any atom is 2.00 e. The summed E-state index contributed by atoms with van der Waals surface area (Å²) in [6.07, 6.45) is 7.82. The summed E-state index contributed by atoms with van der Waals surface area (Å²) < 4.78 is 10.4. The average Bonchev–Trinajstić information content (AvgIpc) is 3.64. The number of hydrogen-bond donors (Lipinski definition) is 0. The van der Waals surface area contributed by atoms with Crippen molar-refractivity contribution in [1.82, 2.24) is 19.1 Å². The number of benzene rings is 4. The van der Waals surface area contributed by atoms with Crippen molar-refractivity contribution in [2.45, 2.75) is 40.5 Å². The second kappa shape index (κ2) is 12.3. The molecule has 4 aromatic carbocycles. The van der Waals surface area contributed by atoms with Gasteiger partial charge in [-0.15, -0.1) is 47.5 Å². The maximum absolute atomic E-state index is 6.21. The number of hydrogen-bond acceptors (Lipinski definition) is 3. The molecule has 2 heterocycles. The Labute approximate surface area is 262 Å². The Hall–Kier alpha value is -4.21. The van der Waals surface area contributed by atoms with Crippen LogP contribution >= 0.6 is 0 Å². The molecule has 0 radical (unpaired) electrons. The third kappa shape index (κ3) is 5.89. The van der Waals surface area contributed by atoms with Crippen molar-refractivity contribution in [3.8, 4) is 45.4 Å². The van der Waals surface area contributed by atoms with E-state index >= 15 is 0 Å². The zero-order chi connectivity index (χ0) is 28.5. The molecule has 0 N–H and O–H groups in total. The Morgan fingerprint density at radius 3 is 1.60 bits per heavy atom. The van der Waals surface area contributed by atoms with Gasteiger partial charge in [0, 0.05) is 22.9 Å². The molecule has 42 heavy (non-hydrogen) atoms. The van der Waals surface area contributed by atoms with Crippen molar-refractivity contribution < 1.29 is 25.8 Å². The zero-order valence-electron chi connectivity index (χ0n) is 24.3. The fraction of sp³-hybridized carbons (Fsp3) is 0.167. The van der Waals surface area contributed by atoms with Crippen LogP contribution in [-0.4, -0.2) is 19.1 Å². The number of aromatic nitrogens is 4. The number of imidazole rings is 2.